The van der Waals surface area contributed by atoms with Crippen LogP contribution in [0.4, 0.5) is 13.6 Å². The average Bonchev–Trinajstić information content (AvgIpc) is 2.92. The lowest BCUT2D eigenvalue weighted by atomic mass is 10.2. The van der Waals surface area contributed by atoms with Crippen molar-refractivity contribution in [2.45, 2.75) is 46.0 Å². The van der Waals surface area contributed by atoms with E-state index in [0.717, 1.165) is 0 Å². The number of ether oxygens (including phenoxy) is 1. The number of imidazole rings is 1. The first-order valence-corrected chi connectivity index (χ1v) is 6.82. The molecule has 10 heteroatoms. The molecule has 0 bridgehead atoms. The number of aromatic nitrogens is 2. The lowest BCUT2D eigenvalue weighted by Crippen LogP contribution is -2.34. The van der Waals surface area contributed by atoms with Gasteiger partial charge < -0.3 is 10.5 Å². The number of amidine groups is 1. The quantitative estimate of drug-likeness (QED) is 0.651. The van der Waals surface area contributed by atoms with Crippen LogP contribution in [0.1, 0.15) is 44.5 Å². The van der Waals surface area contributed by atoms with Gasteiger partial charge in [-0.3, -0.25) is 14.9 Å². The lowest BCUT2D eigenvalue weighted by molar-refractivity contribution is 0.0222. The Morgan fingerprint density at radius 2 is 2.13 bits per heavy atom. The van der Waals surface area contributed by atoms with E-state index in [4.69, 9.17) is 15.9 Å². The van der Waals surface area contributed by atoms with Crippen molar-refractivity contribution in [3.8, 4) is 0 Å². The van der Waals surface area contributed by atoms with Crippen molar-refractivity contribution in [1.29, 1.82) is 5.41 Å². The number of nitrogens with one attached hydrogen (secondary N) is 1. The average molecular weight is 328 g/mol. The minimum absolute atomic E-state index is 0.0504. The fourth-order valence-corrected chi connectivity index (χ4v) is 2.20. The Kier molecular flexibility index (Phi) is 4.35. The molecule has 2 rings (SSSR count). The second-order valence-electron chi connectivity index (χ2n) is 5.96. The van der Waals surface area contributed by atoms with Crippen LogP contribution in [-0.2, 0) is 17.8 Å². The second-order valence-corrected chi connectivity index (χ2v) is 5.96. The van der Waals surface area contributed by atoms with Crippen molar-refractivity contribution in [1.82, 2.24) is 14.5 Å². The zero-order valence-electron chi connectivity index (χ0n) is 13.0. The molecule has 126 valence electrons. The van der Waals surface area contributed by atoms with E-state index in [9.17, 15) is 13.6 Å². The monoisotopic (exact) mass is 328 g/mol. The zero-order chi connectivity index (χ0) is 17.4. The van der Waals surface area contributed by atoms with Crippen molar-refractivity contribution in [3.05, 3.63) is 17.2 Å². The van der Waals surface area contributed by atoms with E-state index in [1.54, 1.807) is 20.8 Å². The molecule has 0 saturated heterocycles. The Morgan fingerprint density at radius 1 is 1.48 bits per heavy atom. The summed E-state index contributed by atoms with van der Waals surface area (Å²) in [5.41, 5.74) is 5.38. The number of carbonyl (C=O) groups is 1. The maximum Gasteiger partial charge on any atom is 0.410 e. The van der Waals surface area contributed by atoms with Crippen LogP contribution in [0.3, 0.4) is 0 Å². The van der Waals surface area contributed by atoms with E-state index in [1.807, 2.05) is 0 Å². The van der Waals surface area contributed by atoms with Gasteiger partial charge in [0.1, 0.15) is 11.9 Å². The highest BCUT2D eigenvalue weighted by Crippen LogP contribution is 2.29. The minimum Gasteiger partial charge on any atom is -0.444 e. The normalized spacial score (nSPS) is 15.0. The number of nitrogens with two attached hydrogens (primary N) is 1. The molecule has 0 aliphatic carbocycles. The predicted molar refractivity (Wildman–Crippen MR) is 78.5 cm³/mol. The van der Waals surface area contributed by atoms with Gasteiger partial charge in [-0.1, -0.05) is 0 Å². The van der Waals surface area contributed by atoms with Crippen LogP contribution in [-0.4, -0.2) is 38.3 Å². The van der Waals surface area contributed by atoms with Gasteiger partial charge in [-0.2, -0.15) is 8.78 Å². The predicted octanol–water partition coefficient (Wildman–Crippen LogP) is 1.84. The van der Waals surface area contributed by atoms with Gasteiger partial charge in [0.05, 0.1) is 24.5 Å². The number of amides is 1. The number of halogens is 2. The van der Waals surface area contributed by atoms with E-state index < -0.39 is 18.2 Å². The molecule has 8 nitrogen and oxygen atoms in total. The van der Waals surface area contributed by atoms with Gasteiger partial charge in [-0.05, 0) is 20.8 Å². The van der Waals surface area contributed by atoms with Crippen molar-refractivity contribution < 1.29 is 18.3 Å². The van der Waals surface area contributed by atoms with Crippen molar-refractivity contribution in [3.63, 3.8) is 0 Å². The number of alkyl halides is 2. The molecule has 1 amide bonds. The highest BCUT2D eigenvalue weighted by atomic mass is 19.3. The highest BCUT2D eigenvalue weighted by molar-refractivity contribution is 5.98. The molecular formula is C13H18F2N6O2. The standard InChI is InChI=1S/C13H18F2N6O2/c1-13(2,3)23-12(22)20-4-7-8(5-20)21(11(14)15)10(19-7)9(17)18-6-16/h6,11H,4-5H2,1-3H3,(H3,16,17,18). The topological polar surface area (TPSA) is 110 Å². The van der Waals surface area contributed by atoms with Crippen molar-refractivity contribution in [2.75, 3.05) is 0 Å². The molecule has 0 unspecified atom stereocenters. The second kappa shape index (κ2) is 5.94. The van der Waals surface area contributed by atoms with Gasteiger partial charge in [-0.15, -0.1) is 0 Å². The number of carbonyl (C=O) groups excluding carboxylic acids is 1. The number of rotatable bonds is 3. The van der Waals surface area contributed by atoms with Crippen LogP contribution in [0.25, 0.3) is 0 Å². The maximum absolute atomic E-state index is 13.3. The molecule has 3 N–H and O–H groups in total. The molecule has 0 saturated carbocycles. The highest BCUT2D eigenvalue weighted by Gasteiger charge is 2.35. The Bertz CT molecular complexity index is 662. The molecule has 1 aliphatic rings. The summed E-state index contributed by atoms with van der Waals surface area (Å²) >= 11 is 0. The summed E-state index contributed by atoms with van der Waals surface area (Å²) in [6, 6.07) is 0. The SMILES string of the molecule is CC(C)(C)OC(=O)N1Cc2nc(C(N)=NC=N)n(C(F)F)c2C1. The summed E-state index contributed by atoms with van der Waals surface area (Å²) in [7, 11) is 0. The van der Waals surface area contributed by atoms with Crippen molar-refractivity contribution >= 4 is 18.3 Å². The van der Waals surface area contributed by atoms with E-state index in [1.165, 1.54) is 4.90 Å². The molecule has 0 aromatic carbocycles. The van der Waals surface area contributed by atoms with Gasteiger partial charge in [0.25, 0.3) is 0 Å². The number of fused-ring (bicyclic) bond motifs is 1. The fourth-order valence-electron chi connectivity index (χ4n) is 2.20. The van der Waals surface area contributed by atoms with Crippen LogP contribution in [0.15, 0.2) is 4.99 Å². The minimum atomic E-state index is -2.89. The number of nitrogens with zero attached hydrogens (tertiary/aromatic N) is 4. The molecule has 0 atom stereocenters. The molecule has 0 radical (unpaired) electrons. The van der Waals surface area contributed by atoms with Gasteiger partial charge in [0.2, 0.25) is 0 Å². The smallest absolute Gasteiger partial charge is 0.410 e. The van der Waals surface area contributed by atoms with Crippen molar-refractivity contribution in [2.24, 2.45) is 10.7 Å². The van der Waals surface area contributed by atoms with Gasteiger partial charge in [0.15, 0.2) is 11.7 Å². The van der Waals surface area contributed by atoms with Gasteiger partial charge >= 0.3 is 12.6 Å². The first kappa shape index (κ1) is 16.8. The third-order valence-electron chi connectivity index (χ3n) is 3.05. The number of hydrogen-bond acceptors (Lipinski definition) is 4. The third kappa shape index (κ3) is 3.46. The van der Waals surface area contributed by atoms with Crippen LogP contribution >= 0.6 is 0 Å². The summed E-state index contributed by atoms with van der Waals surface area (Å²) in [4.78, 5) is 20.8. The number of hydrogen-bond donors (Lipinski definition) is 2. The summed E-state index contributed by atoms with van der Waals surface area (Å²) in [5.74, 6) is -0.490. The van der Waals surface area contributed by atoms with Gasteiger partial charge in [-0.25, -0.2) is 14.8 Å². The first-order chi connectivity index (χ1) is 10.6. The van der Waals surface area contributed by atoms with Crippen LogP contribution < -0.4 is 5.73 Å². The van der Waals surface area contributed by atoms with E-state index in [-0.39, 0.29) is 30.4 Å². The molecule has 0 fully saturated rings. The Hall–Kier alpha value is -2.52. The lowest BCUT2D eigenvalue weighted by Gasteiger charge is -2.24. The van der Waals surface area contributed by atoms with Crippen LogP contribution in [0, 0.1) is 5.41 Å². The fraction of sp³-hybridized carbons (Fsp3) is 0.538. The molecule has 1 aliphatic heterocycles. The summed E-state index contributed by atoms with van der Waals surface area (Å²) in [6.45, 7) is 2.27. The Labute approximate surface area is 131 Å². The molecule has 0 spiro atoms. The molecule has 2 heterocycles. The third-order valence-corrected chi connectivity index (χ3v) is 3.05. The zero-order valence-corrected chi connectivity index (χ0v) is 13.0. The maximum atomic E-state index is 13.3. The molecule has 1 aromatic heterocycles. The van der Waals surface area contributed by atoms with E-state index in [2.05, 4.69) is 9.98 Å². The first-order valence-electron chi connectivity index (χ1n) is 6.82. The van der Waals surface area contributed by atoms with Crippen LogP contribution in [0.2, 0.25) is 0 Å². The summed E-state index contributed by atoms with van der Waals surface area (Å²) in [5, 5.41) is 6.86. The Balaban J connectivity index is 2.29. The number of aliphatic imine (C=N–C) groups is 1. The molecular weight excluding hydrogens is 310 g/mol. The van der Waals surface area contributed by atoms with E-state index >= 15 is 0 Å². The van der Waals surface area contributed by atoms with E-state index in [0.29, 0.717) is 16.6 Å². The molecule has 1 aromatic rings. The van der Waals surface area contributed by atoms with Gasteiger partial charge in [0, 0.05) is 0 Å². The largest absolute Gasteiger partial charge is 0.444 e. The van der Waals surface area contributed by atoms with Crippen LogP contribution in [0.5, 0.6) is 0 Å². The summed E-state index contributed by atoms with van der Waals surface area (Å²) in [6.07, 6.45) is 0.0526. The molecule has 23 heavy (non-hydrogen) atoms. The Morgan fingerprint density at radius 3 is 2.65 bits per heavy atom. The summed E-state index contributed by atoms with van der Waals surface area (Å²) < 4.78 is 32.5.